The summed E-state index contributed by atoms with van der Waals surface area (Å²) in [4.78, 5) is 10.5. The highest BCUT2D eigenvalue weighted by Gasteiger charge is 2.18. The molecule has 0 atom stereocenters. The normalized spacial score (nSPS) is 11.5. The summed E-state index contributed by atoms with van der Waals surface area (Å²) in [7, 11) is 1.89. The molecule has 5 heteroatoms. The molecule has 0 saturated heterocycles. The van der Waals surface area contributed by atoms with E-state index in [0.29, 0.717) is 0 Å². The molecule has 1 N–H and O–H groups in total. The second-order valence-electron chi connectivity index (χ2n) is 5.77. The molecule has 1 aromatic heterocycles. The topological polar surface area (TPSA) is 37.8 Å². The second kappa shape index (κ2) is 6.79. The number of rotatable bonds is 4. The van der Waals surface area contributed by atoms with E-state index in [1.165, 1.54) is 4.90 Å². The lowest BCUT2D eigenvalue weighted by Gasteiger charge is -2.19. The summed E-state index contributed by atoms with van der Waals surface area (Å²) in [5.41, 5.74) is 1.07. The molecule has 0 fully saturated rings. The summed E-state index contributed by atoms with van der Waals surface area (Å²) in [6, 6.07) is 10.2. The van der Waals surface area contributed by atoms with Crippen molar-refractivity contribution in [3.63, 3.8) is 0 Å². The molecule has 0 aliphatic rings. The van der Waals surface area contributed by atoms with Gasteiger partial charge in [0.05, 0.1) is 11.4 Å². The predicted octanol–water partition coefficient (Wildman–Crippen LogP) is 4.87. The lowest BCUT2D eigenvalue weighted by Crippen LogP contribution is -2.16. The van der Waals surface area contributed by atoms with Gasteiger partial charge >= 0.3 is 0 Å². The molecule has 3 nitrogen and oxygen atoms in total. The second-order valence-corrected chi connectivity index (χ2v) is 7.65. The first kappa shape index (κ1) is 16.3. The van der Waals surface area contributed by atoms with E-state index in [0.717, 1.165) is 27.6 Å². The van der Waals surface area contributed by atoms with Crippen LogP contribution in [0.4, 0.5) is 5.82 Å². The van der Waals surface area contributed by atoms with Crippen LogP contribution in [0.15, 0.2) is 39.7 Å². The van der Waals surface area contributed by atoms with E-state index >= 15 is 0 Å². The number of anilines is 1. The van der Waals surface area contributed by atoms with E-state index in [9.17, 15) is 0 Å². The van der Waals surface area contributed by atoms with Crippen molar-refractivity contribution in [2.24, 2.45) is 0 Å². The molecule has 0 aliphatic carbocycles. The molecule has 0 radical (unpaired) electrons. The number of hydrogen-bond acceptors (Lipinski definition) is 4. The zero-order chi connectivity index (χ0) is 15.5. The lowest BCUT2D eigenvalue weighted by atomic mass is 9.92. The SMILES string of the molecule is CNc1cc(C(C)(C)C)nc(CSc2ccccc2Br)n1. The van der Waals surface area contributed by atoms with Crippen molar-refractivity contribution in [2.75, 3.05) is 12.4 Å². The average Bonchev–Trinajstić information content (AvgIpc) is 2.45. The van der Waals surface area contributed by atoms with E-state index in [1.807, 2.05) is 31.3 Å². The molecule has 0 spiro atoms. The van der Waals surface area contributed by atoms with Crippen molar-refractivity contribution in [2.45, 2.75) is 36.8 Å². The number of aromatic nitrogens is 2. The zero-order valence-electron chi connectivity index (χ0n) is 12.8. The third-order valence-corrected chi connectivity index (χ3v) is 5.01. The fourth-order valence-electron chi connectivity index (χ4n) is 1.78. The summed E-state index contributed by atoms with van der Waals surface area (Å²) in [6.07, 6.45) is 0. The number of hydrogen-bond donors (Lipinski definition) is 1. The third kappa shape index (κ3) is 4.45. The van der Waals surface area contributed by atoms with Crippen molar-refractivity contribution in [3.05, 3.63) is 46.3 Å². The van der Waals surface area contributed by atoms with Crippen LogP contribution in [0.5, 0.6) is 0 Å². The number of thioether (sulfide) groups is 1. The molecule has 0 amide bonds. The van der Waals surface area contributed by atoms with Gasteiger partial charge in [-0.3, -0.25) is 0 Å². The predicted molar refractivity (Wildman–Crippen MR) is 94.0 cm³/mol. The maximum atomic E-state index is 4.71. The van der Waals surface area contributed by atoms with Gasteiger partial charge < -0.3 is 5.32 Å². The minimum absolute atomic E-state index is 0.0152. The Balaban J connectivity index is 2.22. The van der Waals surface area contributed by atoms with Crippen molar-refractivity contribution in [3.8, 4) is 0 Å². The molecule has 0 saturated carbocycles. The van der Waals surface area contributed by atoms with Crippen LogP contribution in [0, 0.1) is 0 Å². The van der Waals surface area contributed by atoms with Gasteiger partial charge in [0, 0.05) is 27.9 Å². The van der Waals surface area contributed by atoms with Crippen LogP contribution in [0.2, 0.25) is 0 Å². The van der Waals surface area contributed by atoms with Gasteiger partial charge in [-0.05, 0) is 28.1 Å². The van der Waals surface area contributed by atoms with Crippen LogP contribution in [-0.4, -0.2) is 17.0 Å². The van der Waals surface area contributed by atoms with Gasteiger partial charge in [0.15, 0.2) is 0 Å². The number of benzene rings is 1. The van der Waals surface area contributed by atoms with Gasteiger partial charge in [-0.2, -0.15) is 0 Å². The Hall–Kier alpha value is -1.07. The molecular weight excluding hydrogens is 346 g/mol. The first-order valence-electron chi connectivity index (χ1n) is 6.83. The Morgan fingerprint density at radius 3 is 2.52 bits per heavy atom. The summed E-state index contributed by atoms with van der Waals surface area (Å²) >= 11 is 5.31. The molecule has 21 heavy (non-hydrogen) atoms. The summed E-state index contributed by atoms with van der Waals surface area (Å²) in [5, 5.41) is 3.12. The molecule has 1 heterocycles. The first-order chi connectivity index (χ1) is 9.90. The minimum Gasteiger partial charge on any atom is -0.373 e. The Morgan fingerprint density at radius 2 is 1.90 bits per heavy atom. The number of nitrogens with zero attached hydrogens (tertiary/aromatic N) is 2. The largest absolute Gasteiger partial charge is 0.373 e. The summed E-state index contributed by atoms with van der Waals surface area (Å²) in [6.45, 7) is 6.50. The molecule has 2 aromatic rings. The van der Waals surface area contributed by atoms with Gasteiger partial charge in [-0.15, -0.1) is 11.8 Å². The number of halogens is 1. The molecule has 0 aliphatic heterocycles. The molecule has 1 aromatic carbocycles. The van der Waals surface area contributed by atoms with Crippen LogP contribution in [0.25, 0.3) is 0 Å². The molecule has 112 valence electrons. The maximum absolute atomic E-state index is 4.71. The quantitative estimate of drug-likeness (QED) is 0.784. The first-order valence-corrected chi connectivity index (χ1v) is 8.61. The highest BCUT2D eigenvalue weighted by Crippen LogP contribution is 2.30. The monoisotopic (exact) mass is 365 g/mol. The third-order valence-electron chi connectivity index (χ3n) is 2.99. The molecule has 2 rings (SSSR count). The fourth-order valence-corrected chi connectivity index (χ4v) is 3.20. The highest BCUT2D eigenvalue weighted by atomic mass is 79.9. The maximum Gasteiger partial charge on any atom is 0.141 e. The van der Waals surface area contributed by atoms with E-state index in [-0.39, 0.29) is 5.41 Å². The molecule has 0 bridgehead atoms. The van der Waals surface area contributed by atoms with Gasteiger partial charge in [-0.25, -0.2) is 9.97 Å². The van der Waals surface area contributed by atoms with Gasteiger partial charge in [-0.1, -0.05) is 32.9 Å². The van der Waals surface area contributed by atoms with Crippen molar-refractivity contribution in [1.82, 2.24) is 9.97 Å². The van der Waals surface area contributed by atoms with Crippen molar-refractivity contribution in [1.29, 1.82) is 0 Å². The van der Waals surface area contributed by atoms with Gasteiger partial charge in [0.25, 0.3) is 0 Å². The highest BCUT2D eigenvalue weighted by molar-refractivity contribution is 9.10. The Labute approximate surface area is 139 Å². The van der Waals surface area contributed by atoms with Crippen molar-refractivity contribution < 1.29 is 0 Å². The minimum atomic E-state index is 0.0152. The van der Waals surface area contributed by atoms with E-state index in [1.54, 1.807) is 11.8 Å². The van der Waals surface area contributed by atoms with E-state index in [4.69, 9.17) is 4.98 Å². The summed E-state index contributed by atoms with van der Waals surface area (Å²) < 4.78 is 1.11. The molecular formula is C16H20BrN3S. The molecule has 0 unspecified atom stereocenters. The smallest absolute Gasteiger partial charge is 0.141 e. The number of nitrogens with one attached hydrogen (secondary N) is 1. The lowest BCUT2D eigenvalue weighted by molar-refractivity contribution is 0.564. The van der Waals surface area contributed by atoms with Gasteiger partial charge in [0.1, 0.15) is 11.6 Å². The van der Waals surface area contributed by atoms with Crippen LogP contribution < -0.4 is 5.32 Å². The van der Waals surface area contributed by atoms with Crippen LogP contribution >= 0.6 is 27.7 Å². The van der Waals surface area contributed by atoms with Gasteiger partial charge in [0.2, 0.25) is 0 Å². The zero-order valence-corrected chi connectivity index (χ0v) is 15.2. The summed E-state index contributed by atoms with van der Waals surface area (Å²) in [5.74, 6) is 2.48. The van der Waals surface area contributed by atoms with E-state index in [2.05, 4.69) is 53.1 Å². The Kier molecular flexibility index (Phi) is 5.27. The van der Waals surface area contributed by atoms with E-state index < -0.39 is 0 Å². The average molecular weight is 366 g/mol. The Bertz CT molecular complexity index is 623. The van der Waals surface area contributed by atoms with Crippen LogP contribution in [0.3, 0.4) is 0 Å². The Morgan fingerprint density at radius 1 is 1.19 bits per heavy atom. The standard InChI is InChI=1S/C16H20BrN3S/c1-16(2,3)13-9-14(18-4)20-15(19-13)10-21-12-8-6-5-7-11(12)17/h5-9H,10H2,1-4H3,(H,18,19,20). The van der Waals surface area contributed by atoms with Crippen molar-refractivity contribution >= 4 is 33.5 Å². The van der Waals surface area contributed by atoms with Crippen LogP contribution in [-0.2, 0) is 11.2 Å². The van der Waals surface area contributed by atoms with Crippen LogP contribution in [0.1, 0.15) is 32.3 Å². The fraction of sp³-hybridized carbons (Fsp3) is 0.375.